The summed E-state index contributed by atoms with van der Waals surface area (Å²) in [5.74, 6) is -4.27. The smallest absolute Gasteiger partial charge is 0.403 e. The first-order chi connectivity index (χ1) is 8.30. The lowest BCUT2D eigenvalue weighted by atomic mass is 10.1. The number of carbonyl (C=O) groups is 1. The maximum atomic E-state index is 12.3. The Morgan fingerprint density at radius 3 is 2.61 bits per heavy atom. The lowest BCUT2D eigenvalue weighted by Crippen LogP contribution is -2.38. The Bertz CT molecular complexity index is 404. The lowest BCUT2D eigenvalue weighted by molar-refractivity contribution is -0.192. The Labute approximate surface area is 102 Å². The first kappa shape index (κ1) is 14.4. The minimum absolute atomic E-state index is 0.146. The number of aliphatic carboxylic acids is 1. The van der Waals surface area contributed by atoms with E-state index < -0.39 is 24.6 Å². The molecule has 18 heavy (non-hydrogen) atoms. The quantitative estimate of drug-likeness (QED) is 0.848. The molecule has 0 amide bonds. The zero-order valence-corrected chi connectivity index (χ0v) is 9.66. The number of halogens is 3. The number of alkyl halides is 3. The topological polar surface area (TPSA) is 62.2 Å². The highest BCUT2D eigenvalue weighted by molar-refractivity contribution is 5.71. The second kappa shape index (κ2) is 5.81. The van der Waals surface area contributed by atoms with Gasteiger partial charge >= 0.3 is 12.1 Å². The molecular formula is C11H13F3N2O2. The standard InChI is InChI=1S/C11H13F3N2O2/c1-7-2-3-8(5-16-7)4-15-6-9(10(17)18)11(12,13)14/h2-3,5,9,15H,4,6H2,1H3,(H,17,18). The number of aromatic nitrogens is 1. The van der Waals surface area contributed by atoms with Crippen molar-refractivity contribution in [3.05, 3.63) is 29.6 Å². The van der Waals surface area contributed by atoms with Crippen molar-refractivity contribution in [1.82, 2.24) is 10.3 Å². The van der Waals surface area contributed by atoms with Crippen LogP contribution in [0.3, 0.4) is 0 Å². The van der Waals surface area contributed by atoms with Crippen LogP contribution in [0.15, 0.2) is 18.3 Å². The van der Waals surface area contributed by atoms with Crippen LogP contribution >= 0.6 is 0 Å². The highest BCUT2D eigenvalue weighted by atomic mass is 19.4. The van der Waals surface area contributed by atoms with Crippen LogP contribution in [-0.4, -0.2) is 28.8 Å². The third-order valence-corrected chi connectivity index (χ3v) is 2.34. The van der Waals surface area contributed by atoms with E-state index in [1.807, 2.05) is 0 Å². The molecule has 0 fully saturated rings. The summed E-state index contributed by atoms with van der Waals surface area (Å²) in [5, 5.41) is 10.9. The molecule has 1 rings (SSSR count). The van der Waals surface area contributed by atoms with Gasteiger partial charge in [0.1, 0.15) is 0 Å². The van der Waals surface area contributed by atoms with Gasteiger partial charge in [-0.1, -0.05) is 6.07 Å². The molecule has 0 aromatic carbocycles. The van der Waals surface area contributed by atoms with Crippen molar-refractivity contribution < 1.29 is 23.1 Å². The van der Waals surface area contributed by atoms with E-state index in [2.05, 4.69) is 10.3 Å². The number of rotatable bonds is 5. The summed E-state index contributed by atoms with van der Waals surface area (Å²) in [7, 11) is 0. The molecule has 1 aromatic heterocycles. The van der Waals surface area contributed by atoms with E-state index in [1.165, 1.54) is 6.20 Å². The van der Waals surface area contributed by atoms with Gasteiger partial charge in [-0.15, -0.1) is 0 Å². The average Bonchev–Trinajstić information content (AvgIpc) is 2.24. The molecule has 0 aliphatic carbocycles. The zero-order chi connectivity index (χ0) is 13.8. The Morgan fingerprint density at radius 2 is 2.17 bits per heavy atom. The number of carboxylic acid groups (broad SMARTS) is 1. The summed E-state index contributed by atoms with van der Waals surface area (Å²) in [4.78, 5) is 14.4. The van der Waals surface area contributed by atoms with E-state index in [-0.39, 0.29) is 6.54 Å². The summed E-state index contributed by atoms with van der Waals surface area (Å²) in [6.45, 7) is 1.28. The van der Waals surface area contributed by atoms with Gasteiger partial charge in [-0.2, -0.15) is 13.2 Å². The molecule has 1 heterocycles. The fourth-order valence-electron chi connectivity index (χ4n) is 1.31. The number of hydrogen-bond donors (Lipinski definition) is 2. The minimum atomic E-state index is -4.75. The molecule has 7 heteroatoms. The number of pyridine rings is 1. The molecule has 0 aliphatic heterocycles. The van der Waals surface area contributed by atoms with Gasteiger partial charge in [-0.25, -0.2) is 0 Å². The molecule has 0 saturated heterocycles. The number of aryl methyl sites for hydroxylation is 1. The van der Waals surface area contributed by atoms with Crippen molar-refractivity contribution in [3.8, 4) is 0 Å². The largest absolute Gasteiger partial charge is 0.481 e. The van der Waals surface area contributed by atoms with Crippen LogP contribution in [0, 0.1) is 12.8 Å². The Morgan fingerprint density at radius 1 is 1.50 bits per heavy atom. The van der Waals surface area contributed by atoms with Crippen LogP contribution in [0.25, 0.3) is 0 Å². The summed E-state index contributed by atoms with van der Waals surface area (Å²) in [6.07, 6.45) is -3.21. The molecule has 1 atom stereocenters. The molecule has 0 saturated carbocycles. The second-order valence-electron chi connectivity index (χ2n) is 3.87. The predicted molar refractivity (Wildman–Crippen MR) is 57.9 cm³/mol. The number of hydrogen-bond acceptors (Lipinski definition) is 3. The van der Waals surface area contributed by atoms with Gasteiger partial charge < -0.3 is 10.4 Å². The summed E-state index contributed by atoms with van der Waals surface area (Å²) in [6, 6.07) is 3.45. The average molecular weight is 262 g/mol. The zero-order valence-electron chi connectivity index (χ0n) is 9.66. The number of nitrogens with one attached hydrogen (secondary N) is 1. The van der Waals surface area contributed by atoms with Crippen LogP contribution < -0.4 is 5.32 Å². The number of nitrogens with zero attached hydrogens (tertiary/aromatic N) is 1. The molecule has 0 aliphatic rings. The van der Waals surface area contributed by atoms with Gasteiger partial charge in [0.25, 0.3) is 0 Å². The van der Waals surface area contributed by atoms with Crippen LogP contribution in [0.2, 0.25) is 0 Å². The fraction of sp³-hybridized carbons (Fsp3) is 0.455. The van der Waals surface area contributed by atoms with Gasteiger partial charge in [0, 0.05) is 25.0 Å². The molecule has 0 bridgehead atoms. The van der Waals surface area contributed by atoms with Crippen LogP contribution in [-0.2, 0) is 11.3 Å². The third kappa shape index (κ3) is 4.33. The molecule has 2 N–H and O–H groups in total. The first-order valence-electron chi connectivity index (χ1n) is 5.22. The van der Waals surface area contributed by atoms with Crippen molar-refractivity contribution >= 4 is 5.97 Å². The summed E-state index contributed by atoms with van der Waals surface area (Å²) >= 11 is 0. The predicted octanol–water partition coefficient (Wildman–Crippen LogP) is 1.74. The van der Waals surface area contributed by atoms with Crippen LogP contribution in [0.5, 0.6) is 0 Å². The highest BCUT2D eigenvalue weighted by Crippen LogP contribution is 2.25. The van der Waals surface area contributed by atoms with E-state index >= 15 is 0 Å². The lowest BCUT2D eigenvalue weighted by Gasteiger charge is -2.16. The molecule has 0 radical (unpaired) electrons. The highest BCUT2D eigenvalue weighted by Gasteiger charge is 2.44. The monoisotopic (exact) mass is 262 g/mol. The van der Waals surface area contributed by atoms with Crippen LogP contribution in [0.4, 0.5) is 13.2 Å². The molecule has 4 nitrogen and oxygen atoms in total. The van der Waals surface area contributed by atoms with Crippen molar-refractivity contribution in [2.45, 2.75) is 19.6 Å². The van der Waals surface area contributed by atoms with Crippen molar-refractivity contribution in [1.29, 1.82) is 0 Å². The maximum Gasteiger partial charge on any atom is 0.403 e. The van der Waals surface area contributed by atoms with Crippen molar-refractivity contribution in [2.75, 3.05) is 6.54 Å². The SMILES string of the molecule is Cc1ccc(CNCC(C(=O)O)C(F)(F)F)cn1. The Kier molecular flexibility index (Phi) is 4.66. The van der Waals surface area contributed by atoms with E-state index in [9.17, 15) is 18.0 Å². The molecule has 0 spiro atoms. The fourth-order valence-corrected chi connectivity index (χ4v) is 1.31. The molecule has 1 aromatic rings. The third-order valence-electron chi connectivity index (χ3n) is 2.34. The van der Waals surface area contributed by atoms with E-state index in [4.69, 9.17) is 5.11 Å². The molecule has 100 valence electrons. The van der Waals surface area contributed by atoms with Gasteiger partial charge in [-0.05, 0) is 18.6 Å². The minimum Gasteiger partial charge on any atom is -0.481 e. The normalized spacial score (nSPS) is 13.3. The van der Waals surface area contributed by atoms with Gasteiger partial charge in [-0.3, -0.25) is 9.78 Å². The van der Waals surface area contributed by atoms with E-state index in [0.717, 1.165) is 5.69 Å². The summed E-state index contributed by atoms with van der Waals surface area (Å²) < 4.78 is 36.9. The second-order valence-corrected chi connectivity index (χ2v) is 3.87. The van der Waals surface area contributed by atoms with E-state index in [0.29, 0.717) is 5.56 Å². The van der Waals surface area contributed by atoms with Crippen molar-refractivity contribution in [2.24, 2.45) is 5.92 Å². The van der Waals surface area contributed by atoms with Crippen LogP contribution in [0.1, 0.15) is 11.3 Å². The maximum absolute atomic E-state index is 12.3. The molecular weight excluding hydrogens is 249 g/mol. The van der Waals surface area contributed by atoms with E-state index in [1.54, 1.807) is 19.1 Å². The van der Waals surface area contributed by atoms with Crippen molar-refractivity contribution in [3.63, 3.8) is 0 Å². The Balaban J connectivity index is 2.49. The summed E-state index contributed by atoms with van der Waals surface area (Å²) in [5.41, 5.74) is 1.50. The van der Waals surface area contributed by atoms with Gasteiger partial charge in [0.05, 0.1) is 0 Å². The van der Waals surface area contributed by atoms with Gasteiger partial charge in [0.15, 0.2) is 5.92 Å². The molecule has 1 unspecified atom stereocenters. The number of carboxylic acids is 1. The first-order valence-corrected chi connectivity index (χ1v) is 5.22. The Hall–Kier alpha value is -1.63. The van der Waals surface area contributed by atoms with Gasteiger partial charge in [0.2, 0.25) is 0 Å².